The van der Waals surface area contributed by atoms with Crippen LogP contribution in [0.3, 0.4) is 0 Å². The van der Waals surface area contributed by atoms with Gasteiger partial charge in [-0.3, -0.25) is 0 Å². The molecule has 24 heavy (non-hydrogen) atoms. The van der Waals surface area contributed by atoms with Gasteiger partial charge < -0.3 is 9.47 Å². The molecule has 0 spiro atoms. The predicted molar refractivity (Wildman–Crippen MR) is 97.6 cm³/mol. The molecule has 0 unspecified atom stereocenters. The van der Waals surface area contributed by atoms with E-state index in [0.717, 1.165) is 28.3 Å². The Morgan fingerprint density at radius 3 is 2.42 bits per heavy atom. The minimum atomic E-state index is 0.637. The second kappa shape index (κ2) is 6.91. The molecule has 0 atom stereocenters. The zero-order valence-corrected chi connectivity index (χ0v) is 14.8. The summed E-state index contributed by atoms with van der Waals surface area (Å²) >= 11 is 0. The summed E-state index contributed by atoms with van der Waals surface area (Å²) in [7, 11) is 2.10. The van der Waals surface area contributed by atoms with Gasteiger partial charge in [-0.15, -0.1) is 0 Å². The van der Waals surface area contributed by atoms with E-state index in [0.29, 0.717) is 13.2 Å². The summed E-state index contributed by atoms with van der Waals surface area (Å²) in [5.41, 5.74) is 4.62. The number of nitrogens with zero attached hydrogens (tertiary/aromatic N) is 1. The number of benzene rings is 2. The number of aryl methyl sites for hydroxylation is 1. The van der Waals surface area contributed by atoms with E-state index in [1.807, 2.05) is 19.9 Å². The molecule has 0 aliphatic carbocycles. The number of hydrogen-bond donors (Lipinski definition) is 0. The Labute approximate surface area is 143 Å². The first kappa shape index (κ1) is 16.3. The molecule has 0 saturated heterocycles. The van der Waals surface area contributed by atoms with Gasteiger partial charge in [0.1, 0.15) is 18.5 Å². The first-order valence-corrected chi connectivity index (χ1v) is 8.44. The predicted octanol–water partition coefficient (Wildman–Crippen LogP) is 4.44. The fourth-order valence-corrected chi connectivity index (χ4v) is 3.10. The van der Waals surface area contributed by atoms with Gasteiger partial charge in [0.25, 0.3) is 0 Å². The van der Waals surface area contributed by atoms with E-state index in [2.05, 4.69) is 61.0 Å². The molecule has 2 aromatic carbocycles. The van der Waals surface area contributed by atoms with Crippen LogP contribution in [0.4, 0.5) is 0 Å². The molecule has 124 valence electrons. The highest BCUT2D eigenvalue weighted by Gasteiger charge is 2.19. The highest BCUT2D eigenvalue weighted by atomic mass is 16.5. The van der Waals surface area contributed by atoms with Crippen LogP contribution in [0.1, 0.15) is 19.4 Å². The molecule has 1 heterocycles. The van der Waals surface area contributed by atoms with E-state index in [1.54, 1.807) is 0 Å². The summed E-state index contributed by atoms with van der Waals surface area (Å²) in [6, 6.07) is 16.8. The zero-order chi connectivity index (χ0) is 17.1. The van der Waals surface area contributed by atoms with Crippen molar-refractivity contribution in [1.29, 1.82) is 0 Å². The Morgan fingerprint density at radius 1 is 0.917 bits per heavy atom. The van der Waals surface area contributed by atoms with Gasteiger partial charge in [0, 0.05) is 29.1 Å². The number of aromatic nitrogens is 1. The van der Waals surface area contributed by atoms with E-state index in [4.69, 9.17) is 9.47 Å². The Hall–Kier alpha value is -2.55. The minimum absolute atomic E-state index is 0.637. The molecule has 0 aliphatic rings. The lowest BCUT2D eigenvalue weighted by molar-refractivity contribution is -0.633. The number of rotatable bonds is 5. The molecule has 3 aromatic rings. The lowest BCUT2D eigenvalue weighted by Crippen LogP contribution is -2.32. The average molecular weight is 322 g/mol. The van der Waals surface area contributed by atoms with Crippen molar-refractivity contribution in [1.82, 2.24) is 0 Å². The molecule has 0 saturated carbocycles. The van der Waals surface area contributed by atoms with Crippen molar-refractivity contribution in [2.75, 3.05) is 13.2 Å². The van der Waals surface area contributed by atoms with E-state index >= 15 is 0 Å². The Bertz CT molecular complexity index is 871. The lowest BCUT2D eigenvalue weighted by atomic mass is 10.0. The summed E-state index contributed by atoms with van der Waals surface area (Å²) < 4.78 is 13.8. The maximum Gasteiger partial charge on any atom is 0.213 e. The topological polar surface area (TPSA) is 22.3 Å². The van der Waals surface area contributed by atoms with E-state index in [9.17, 15) is 0 Å². The molecule has 3 nitrogen and oxygen atoms in total. The van der Waals surface area contributed by atoms with Gasteiger partial charge >= 0.3 is 0 Å². The number of pyridine rings is 1. The molecule has 0 bridgehead atoms. The standard InChI is InChI=1S/C21H24NO2/c1-5-23-17-13-18(15(3)21(14-17)24-6-2)20-12-11-16-9-7-8-10-19(16)22(20)4/h7-14H,5-6H2,1-4H3/q+1. The summed E-state index contributed by atoms with van der Waals surface area (Å²) in [5.74, 6) is 1.72. The van der Waals surface area contributed by atoms with Crippen LogP contribution in [-0.4, -0.2) is 13.2 Å². The third-order valence-corrected chi connectivity index (χ3v) is 4.30. The van der Waals surface area contributed by atoms with Crippen molar-refractivity contribution >= 4 is 10.9 Å². The van der Waals surface area contributed by atoms with Crippen LogP contribution in [0.2, 0.25) is 0 Å². The minimum Gasteiger partial charge on any atom is -0.494 e. The van der Waals surface area contributed by atoms with Crippen LogP contribution in [0.25, 0.3) is 22.2 Å². The monoisotopic (exact) mass is 322 g/mol. The van der Waals surface area contributed by atoms with E-state index in [1.165, 1.54) is 10.9 Å². The molecule has 3 heteroatoms. The van der Waals surface area contributed by atoms with Gasteiger partial charge in [-0.2, -0.15) is 4.57 Å². The fraction of sp³-hybridized carbons (Fsp3) is 0.286. The van der Waals surface area contributed by atoms with Gasteiger partial charge in [-0.05, 0) is 39.0 Å². The second-order valence-electron chi connectivity index (χ2n) is 5.80. The maximum absolute atomic E-state index is 5.82. The van der Waals surface area contributed by atoms with Gasteiger partial charge in [-0.1, -0.05) is 12.1 Å². The van der Waals surface area contributed by atoms with Gasteiger partial charge in [0.15, 0.2) is 0 Å². The van der Waals surface area contributed by atoms with Crippen LogP contribution >= 0.6 is 0 Å². The van der Waals surface area contributed by atoms with Crippen LogP contribution in [0.5, 0.6) is 11.5 Å². The average Bonchev–Trinajstić information content (AvgIpc) is 2.59. The Kier molecular flexibility index (Phi) is 4.70. The molecule has 0 radical (unpaired) electrons. The Balaban J connectivity index is 2.22. The molecule has 0 aliphatic heterocycles. The highest BCUT2D eigenvalue weighted by Crippen LogP contribution is 2.34. The molecule has 0 amide bonds. The van der Waals surface area contributed by atoms with E-state index < -0.39 is 0 Å². The largest absolute Gasteiger partial charge is 0.494 e. The third kappa shape index (κ3) is 2.94. The summed E-state index contributed by atoms with van der Waals surface area (Å²) in [6.07, 6.45) is 0. The van der Waals surface area contributed by atoms with Gasteiger partial charge in [0.05, 0.1) is 18.8 Å². The van der Waals surface area contributed by atoms with Crippen molar-refractivity contribution < 1.29 is 14.0 Å². The van der Waals surface area contributed by atoms with Gasteiger partial charge in [-0.25, -0.2) is 0 Å². The molecular weight excluding hydrogens is 298 g/mol. The molecular formula is C21H24NO2+. The van der Waals surface area contributed by atoms with Crippen LogP contribution in [0.15, 0.2) is 48.5 Å². The lowest BCUT2D eigenvalue weighted by Gasteiger charge is -2.14. The summed E-state index contributed by atoms with van der Waals surface area (Å²) in [4.78, 5) is 0. The number of hydrogen-bond acceptors (Lipinski definition) is 2. The molecule has 0 fully saturated rings. The van der Waals surface area contributed by atoms with Crippen molar-refractivity contribution in [3.05, 3.63) is 54.1 Å². The number of fused-ring (bicyclic) bond motifs is 1. The summed E-state index contributed by atoms with van der Waals surface area (Å²) in [6.45, 7) is 7.38. The molecule has 1 aromatic heterocycles. The zero-order valence-electron chi connectivity index (χ0n) is 14.8. The van der Waals surface area contributed by atoms with Crippen molar-refractivity contribution in [2.24, 2.45) is 7.05 Å². The highest BCUT2D eigenvalue weighted by molar-refractivity contribution is 5.78. The first-order valence-electron chi connectivity index (χ1n) is 8.44. The second-order valence-corrected chi connectivity index (χ2v) is 5.80. The van der Waals surface area contributed by atoms with Crippen molar-refractivity contribution in [2.45, 2.75) is 20.8 Å². The maximum atomic E-state index is 5.82. The number of para-hydroxylation sites is 1. The van der Waals surface area contributed by atoms with Crippen molar-refractivity contribution in [3.8, 4) is 22.8 Å². The summed E-state index contributed by atoms with van der Waals surface area (Å²) in [5, 5.41) is 1.23. The quantitative estimate of drug-likeness (QED) is 0.648. The normalized spacial score (nSPS) is 10.8. The molecule has 0 N–H and O–H groups in total. The number of ether oxygens (including phenoxy) is 2. The first-order chi connectivity index (χ1) is 11.7. The van der Waals surface area contributed by atoms with Gasteiger partial charge in [0.2, 0.25) is 11.2 Å². The smallest absolute Gasteiger partial charge is 0.213 e. The van der Waals surface area contributed by atoms with Crippen LogP contribution < -0.4 is 14.0 Å². The van der Waals surface area contributed by atoms with Crippen LogP contribution in [-0.2, 0) is 7.05 Å². The SMILES string of the molecule is CCOc1cc(OCC)c(C)c(-c2ccc3ccccc3[n+]2C)c1. The van der Waals surface area contributed by atoms with Crippen molar-refractivity contribution in [3.63, 3.8) is 0 Å². The van der Waals surface area contributed by atoms with Crippen LogP contribution in [0, 0.1) is 6.92 Å². The van der Waals surface area contributed by atoms with E-state index in [-0.39, 0.29) is 0 Å². The molecule has 3 rings (SSSR count). The Morgan fingerprint density at radius 2 is 1.67 bits per heavy atom. The fourth-order valence-electron chi connectivity index (χ4n) is 3.10. The third-order valence-electron chi connectivity index (χ3n) is 4.30.